The Kier molecular flexibility index (Phi) is 3.77. The number of anilines is 1. The third kappa shape index (κ3) is 2.42. The maximum Gasteiger partial charge on any atom is 0.152 e. The third-order valence-corrected chi connectivity index (χ3v) is 2.73. The SMILES string of the molecule is CCNc1nccnc1-c1ccc(OC)cc1C. The summed E-state index contributed by atoms with van der Waals surface area (Å²) in [4.78, 5) is 8.74. The highest BCUT2D eigenvalue weighted by Gasteiger charge is 2.10. The number of nitrogens with zero attached hydrogens (tertiary/aromatic N) is 2. The predicted octanol–water partition coefficient (Wildman–Crippen LogP) is 2.89. The molecule has 0 spiro atoms. The molecule has 0 aliphatic rings. The van der Waals surface area contributed by atoms with Crippen molar-refractivity contribution in [2.75, 3.05) is 19.0 Å². The van der Waals surface area contributed by atoms with E-state index in [9.17, 15) is 0 Å². The molecule has 0 radical (unpaired) electrons. The molecule has 0 unspecified atom stereocenters. The fraction of sp³-hybridized carbons (Fsp3) is 0.286. The Bertz CT molecular complexity index is 540. The molecule has 18 heavy (non-hydrogen) atoms. The molecule has 2 rings (SSSR count). The van der Waals surface area contributed by atoms with E-state index in [2.05, 4.69) is 15.3 Å². The molecule has 0 amide bonds. The van der Waals surface area contributed by atoms with E-state index in [1.165, 1.54) is 0 Å². The van der Waals surface area contributed by atoms with Gasteiger partial charge in [0, 0.05) is 24.5 Å². The Morgan fingerprint density at radius 3 is 2.67 bits per heavy atom. The first-order chi connectivity index (χ1) is 8.76. The van der Waals surface area contributed by atoms with Gasteiger partial charge in [-0.1, -0.05) is 0 Å². The molecule has 2 aromatic rings. The van der Waals surface area contributed by atoms with E-state index in [1.807, 2.05) is 32.0 Å². The molecule has 0 aliphatic heterocycles. The van der Waals surface area contributed by atoms with Crippen LogP contribution in [-0.4, -0.2) is 23.6 Å². The van der Waals surface area contributed by atoms with Crippen molar-refractivity contribution >= 4 is 5.82 Å². The molecule has 0 aliphatic carbocycles. The van der Waals surface area contributed by atoms with E-state index < -0.39 is 0 Å². The zero-order valence-corrected chi connectivity index (χ0v) is 10.9. The molecular weight excluding hydrogens is 226 g/mol. The summed E-state index contributed by atoms with van der Waals surface area (Å²) in [6.45, 7) is 4.91. The highest BCUT2D eigenvalue weighted by atomic mass is 16.5. The van der Waals surface area contributed by atoms with Gasteiger partial charge in [0.2, 0.25) is 0 Å². The number of benzene rings is 1. The van der Waals surface area contributed by atoms with Gasteiger partial charge in [0.25, 0.3) is 0 Å². The molecule has 1 N–H and O–H groups in total. The molecule has 4 heteroatoms. The summed E-state index contributed by atoms with van der Waals surface area (Å²) in [6.07, 6.45) is 3.40. The second-order valence-electron chi connectivity index (χ2n) is 3.96. The Labute approximate surface area is 107 Å². The third-order valence-electron chi connectivity index (χ3n) is 2.73. The molecule has 94 valence electrons. The Morgan fingerprint density at radius 1 is 1.22 bits per heavy atom. The molecule has 1 aromatic carbocycles. The van der Waals surface area contributed by atoms with Gasteiger partial charge in [0.05, 0.1) is 7.11 Å². The zero-order valence-electron chi connectivity index (χ0n) is 10.9. The molecule has 1 aromatic heterocycles. The van der Waals surface area contributed by atoms with Gasteiger partial charge in [-0.2, -0.15) is 0 Å². The Hall–Kier alpha value is -2.10. The van der Waals surface area contributed by atoms with Crippen LogP contribution in [0.1, 0.15) is 12.5 Å². The van der Waals surface area contributed by atoms with Crippen molar-refractivity contribution < 1.29 is 4.74 Å². The van der Waals surface area contributed by atoms with Crippen molar-refractivity contribution in [3.05, 3.63) is 36.2 Å². The quantitative estimate of drug-likeness (QED) is 0.897. The lowest BCUT2D eigenvalue weighted by Gasteiger charge is -2.11. The van der Waals surface area contributed by atoms with E-state index in [0.717, 1.165) is 34.9 Å². The van der Waals surface area contributed by atoms with Crippen LogP contribution in [0.3, 0.4) is 0 Å². The fourth-order valence-corrected chi connectivity index (χ4v) is 1.86. The maximum absolute atomic E-state index is 5.21. The van der Waals surface area contributed by atoms with Crippen LogP contribution in [-0.2, 0) is 0 Å². The summed E-state index contributed by atoms with van der Waals surface area (Å²) in [6, 6.07) is 5.95. The standard InChI is InChI=1S/C14H17N3O/c1-4-15-14-13(16-7-8-17-14)12-6-5-11(18-3)9-10(12)2/h5-9H,4H2,1-3H3,(H,15,17). The van der Waals surface area contributed by atoms with E-state index in [1.54, 1.807) is 19.5 Å². The highest BCUT2D eigenvalue weighted by Crippen LogP contribution is 2.29. The summed E-state index contributed by atoms with van der Waals surface area (Å²) < 4.78 is 5.21. The minimum Gasteiger partial charge on any atom is -0.497 e. The molecule has 0 bridgehead atoms. The van der Waals surface area contributed by atoms with Crippen LogP contribution in [0, 0.1) is 6.92 Å². The van der Waals surface area contributed by atoms with Gasteiger partial charge >= 0.3 is 0 Å². The summed E-state index contributed by atoms with van der Waals surface area (Å²) in [5.41, 5.74) is 3.06. The number of methoxy groups -OCH3 is 1. The minimum absolute atomic E-state index is 0.813. The summed E-state index contributed by atoms with van der Waals surface area (Å²) in [5, 5.41) is 3.23. The van der Waals surface area contributed by atoms with Gasteiger partial charge in [-0.15, -0.1) is 0 Å². The highest BCUT2D eigenvalue weighted by molar-refractivity contribution is 5.74. The number of hydrogen-bond donors (Lipinski definition) is 1. The van der Waals surface area contributed by atoms with Gasteiger partial charge in [0.1, 0.15) is 11.4 Å². The van der Waals surface area contributed by atoms with Gasteiger partial charge in [-0.05, 0) is 37.6 Å². The van der Waals surface area contributed by atoms with Crippen molar-refractivity contribution in [1.82, 2.24) is 9.97 Å². The Balaban J connectivity index is 2.48. The summed E-state index contributed by atoms with van der Waals surface area (Å²) in [5.74, 6) is 1.67. The van der Waals surface area contributed by atoms with Crippen LogP contribution in [0.5, 0.6) is 5.75 Å². The second kappa shape index (κ2) is 5.49. The average molecular weight is 243 g/mol. The first-order valence-corrected chi connectivity index (χ1v) is 5.96. The van der Waals surface area contributed by atoms with Crippen molar-refractivity contribution in [2.24, 2.45) is 0 Å². The van der Waals surface area contributed by atoms with Crippen molar-refractivity contribution in [3.63, 3.8) is 0 Å². The van der Waals surface area contributed by atoms with Crippen LogP contribution < -0.4 is 10.1 Å². The average Bonchev–Trinajstić information content (AvgIpc) is 2.40. The van der Waals surface area contributed by atoms with Crippen molar-refractivity contribution in [2.45, 2.75) is 13.8 Å². The molecular formula is C14H17N3O. The van der Waals surface area contributed by atoms with Crippen molar-refractivity contribution in [3.8, 4) is 17.0 Å². The monoisotopic (exact) mass is 243 g/mol. The largest absolute Gasteiger partial charge is 0.497 e. The minimum atomic E-state index is 0.813. The number of hydrogen-bond acceptors (Lipinski definition) is 4. The molecule has 0 fully saturated rings. The second-order valence-corrected chi connectivity index (χ2v) is 3.96. The van der Waals surface area contributed by atoms with E-state index in [0.29, 0.717) is 0 Å². The Morgan fingerprint density at radius 2 is 2.00 bits per heavy atom. The van der Waals surface area contributed by atoms with Crippen LogP contribution in [0.2, 0.25) is 0 Å². The zero-order chi connectivity index (χ0) is 13.0. The summed E-state index contributed by atoms with van der Waals surface area (Å²) >= 11 is 0. The molecule has 0 atom stereocenters. The number of aryl methyl sites for hydroxylation is 1. The normalized spacial score (nSPS) is 10.2. The van der Waals surface area contributed by atoms with E-state index in [-0.39, 0.29) is 0 Å². The predicted molar refractivity (Wildman–Crippen MR) is 72.9 cm³/mol. The van der Waals surface area contributed by atoms with Crippen LogP contribution >= 0.6 is 0 Å². The number of aromatic nitrogens is 2. The molecule has 0 saturated carbocycles. The number of ether oxygens (including phenoxy) is 1. The van der Waals surface area contributed by atoms with Gasteiger partial charge in [0.15, 0.2) is 5.82 Å². The maximum atomic E-state index is 5.21. The number of rotatable bonds is 4. The van der Waals surface area contributed by atoms with Crippen LogP contribution in [0.4, 0.5) is 5.82 Å². The topological polar surface area (TPSA) is 47.0 Å². The van der Waals surface area contributed by atoms with Crippen LogP contribution in [0.25, 0.3) is 11.3 Å². The van der Waals surface area contributed by atoms with Gasteiger partial charge in [-0.25, -0.2) is 4.98 Å². The molecule has 0 saturated heterocycles. The van der Waals surface area contributed by atoms with Crippen LogP contribution in [0.15, 0.2) is 30.6 Å². The van der Waals surface area contributed by atoms with Gasteiger partial charge < -0.3 is 10.1 Å². The molecule has 1 heterocycles. The lowest BCUT2D eigenvalue weighted by atomic mass is 10.0. The van der Waals surface area contributed by atoms with E-state index >= 15 is 0 Å². The first kappa shape index (κ1) is 12.4. The smallest absolute Gasteiger partial charge is 0.152 e. The van der Waals surface area contributed by atoms with Gasteiger partial charge in [-0.3, -0.25) is 4.98 Å². The van der Waals surface area contributed by atoms with E-state index in [4.69, 9.17) is 4.74 Å². The molecule has 4 nitrogen and oxygen atoms in total. The first-order valence-electron chi connectivity index (χ1n) is 5.96. The van der Waals surface area contributed by atoms with Crippen molar-refractivity contribution in [1.29, 1.82) is 0 Å². The number of nitrogens with one attached hydrogen (secondary N) is 1. The lowest BCUT2D eigenvalue weighted by Crippen LogP contribution is -2.03. The fourth-order valence-electron chi connectivity index (χ4n) is 1.86. The lowest BCUT2D eigenvalue weighted by molar-refractivity contribution is 0.414. The summed E-state index contributed by atoms with van der Waals surface area (Å²) in [7, 11) is 1.67.